The van der Waals surface area contributed by atoms with Gasteiger partial charge in [-0.15, -0.1) is 11.3 Å². The highest BCUT2D eigenvalue weighted by Gasteiger charge is 2.37. The number of aromatic nitrogens is 1. The zero-order chi connectivity index (χ0) is 25.4. The molecule has 4 rings (SSSR count). The van der Waals surface area contributed by atoms with Crippen LogP contribution in [-0.4, -0.2) is 17.1 Å². The molecule has 0 spiro atoms. The van der Waals surface area contributed by atoms with Crippen molar-refractivity contribution in [3.63, 3.8) is 0 Å². The molecule has 0 aliphatic carbocycles. The summed E-state index contributed by atoms with van der Waals surface area (Å²) in [7, 11) is 0. The lowest BCUT2D eigenvalue weighted by Crippen LogP contribution is -2.40. The van der Waals surface area contributed by atoms with Gasteiger partial charge in [-0.3, -0.25) is 9.36 Å². The molecule has 1 aliphatic rings. The summed E-state index contributed by atoms with van der Waals surface area (Å²) in [5, 5.41) is 11.4. The molecule has 35 heavy (non-hydrogen) atoms. The molecule has 0 unspecified atom stereocenters. The number of carbonyl (C=O) groups excluding carboxylic acids is 1. The molecule has 6 nitrogen and oxygen atoms in total. The van der Waals surface area contributed by atoms with Gasteiger partial charge in [0.25, 0.3) is 5.56 Å². The molecule has 2 heterocycles. The largest absolute Gasteiger partial charge is 0.463 e. The van der Waals surface area contributed by atoms with E-state index >= 15 is 0 Å². The number of nitrogens with two attached hydrogens (primary N) is 1. The summed E-state index contributed by atoms with van der Waals surface area (Å²) in [6, 6.07) is 11.6. The topological polar surface area (TPSA) is 98.1 Å². The number of carbonyl (C=O) groups is 1. The van der Waals surface area contributed by atoms with Crippen molar-refractivity contribution in [3.05, 3.63) is 92.7 Å². The average Bonchev–Trinajstić information content (AvgIpc) is 3.11. The fraction of sp³-hybridized carbons (Fsp3) is 0.125. The van der Waals surface area contributed by atoms with Gasteiger partial charge in [0.05, 0.1) is 34.3 Å². The van der Waals surface area contributed by atoms with Crippen LogP contribution in [0.25, 0.3) is 17.5 Å². The summed E-state index contributed by atoms with van der Waals surface area (Å²) in [6.45, 7) is 1.74. The zero-order valence-electron chi connectivity index (χ0n) is 17.9. The minimum atomic E-state index is -0.964. The number of thiazole rings is 1. The molecule has 11 heteroatoms. The van der Waals surface area contributed by atoms with Gasteiger partial charge in [-0.25, -0.2) is 4.79 Å². The fourth-order valence-electron chi connectivity index (χ4n) is 3.76. The number of nitriles is 1. The SMILES string of the molecule is CCOC(=O)C1=c2s/c(=C\c3ccc(Cl)cc3Cl)c(=O)n2C(N)=C(C#N)[C@@H]1c1ccc(Cl)cc1Cl. The molecule has 2 aromatic carbocycles. The van der Waals surface area contributed by atoms with Crippen molar-refractivity contribution in [2.45, 2.75) is 12.8 Å². The lowest BCUT2D eigenvalue weighted by atomic mass is 9.84. The molecule has 0 bridgehead atoms. The van der Waals surface area contributed by atoms with Crippen molar-refractivity contribution < 1.29 is 9.53 Å². The smallest absolute Gasteiger partial charge is 0.338 e. The van der Waals surface area contributed by atoms with E-state index in [9.17, 15) is 14.9 Å². The van der Waals surface area contributed by atoms with Crippen molar-refractivity contribution in [2.75, 3.05) is 6.61 Å². The van der Waals surface area contributed by atoms with Crippen LogP contribution in [-0.2, 0) is 9.53 Å². The van der Waals surface area contributed by atoms with E-state index in [2.05, 4.69) is 0 Å². The quantitative estimate of drug-likeness (QED) is 0.468. The highest BCUT2D eigenvalue weighted by atomic mass is 35.5. The van der Waals surface area contributed by atoms with Gasteiger partial charge in [0.2, 0.25) is 0 Å². The lowest BCUT2D eigenvalue weighted by molar-refractivity contribution is -0.136. The number of hydrogen-bond acceptors (Lipinski definition) is 6. The Labute approximate surface area is 223 Å². The number of fused-ring (bicyclic) bond motifs is 1. The number of nitrogens with zero attached hydrogens (tertiary/aromatic N) is 2. The number of rotatable bonds is 4. The zero-order valence-corrected chi connectivity index (χ0v) is 21.8. The van der Waals surface area contributed by atoms with Gasteiger partial charge < -0.3 is 10.5 Å². The van der Waals surface area contributed by atoms with Crippen LogP contribution >= 0.6 is 57.7 Å². The maximum absolute atomic E-state index is 13.4. The van der Waals surface area contributed by atoms with Crippen LogP contribution in [0.15, 0.2) is 46.8 Å². The third kappa shape index (κ3) is 4.61. The summed E-state index contributed by atoms with van der Waals surface area (Å²) >= 11 is 25.8. The van der Waals surface area contributed by atoms with E-state index in [0.29, 0.717) is 26.2 Å². The predicted octanol–water partition coefficient (Wildman–Crippen LogP) is 4.51. The molecular formula is C24H15Cl4N3O3S. The van der Waals surface area contributed by atoms with Gasteiger partial charge in [-0.2, -0.15) is 5.26 Å². The van der Waals surface area contributed by atoms with Crippen molar-refractivity contribution in [2.24, 2.45) is 5.73 Å². The Morgan fingerprint density at radius 3 is 2.43 bits per heavy atom. The summed E-state index contributed by atoms with van der Waals surface area (Å²) < 4.78 is 6.93. The normalized spacial score (nSPS) is 15.7. The van der Waals surface area contributed by atoms with E-state index < -0.39 is 17.4 Å². The van der Waals surface area contributed by atoms with Gasteiger partial charge in [0, 0.05) is 20.1 Å². The summed E-state index contributed by atoms with van der Waals surface area (Å²) in [5.41, 5.74) is 6.86. The number of ether oxygens (including phenoxy) is 1. The number of allylic oxidation sites excluding steroid dienone is 1. The Morgan fingerprint density at radius 1 is 1.17 bits per heavy atom. The molecule has 178 valence electrons. The highest BCUT2D eigenvalue weighted by Crippen LogP contribution is 2.40. The number of benzene rings is 2. The summed E-state index contributed by atoms with van der Waals surface area (Å²) in [6.07, 6.45) is 1.57. The Morgan fingerprint density at radius 2 is 1.83 bits per heavy atom. The van der Waals surface area contributed by atoms with Crippen LogP contribution in [0.2, 0.25) is 20.1 Å². The van der Waals surface area contributed by atoms with Crippen LogP contribution in [0.4, 0.5) is 0 Å². The standard InChI is InChI=1S/C24H15Cl4N3O3S/c1-2-34-24(33)20-19(14-6-5-13(26)9-17(14)28)15(10-29)21(30)31-22(32)18(35-23(20)31)7-11-3-4-12(25)8-16(11)27/h3-9,19H,2,30H2,1H3/b18-7-/t19-/m0/s1. The van der Waals surface area contributed by atoms with Gasteiger partial charge in [0.1, 0.15) is 10.5 Å². The molecule has 1 aromatic heterocycles. The van der Waals surface area contributed by atoms with E-state index in [1.165, 1.54) is 6.07 Å². The first kappa shape index (κ1) is 25.4. The number of hydrogen-bond donors (Lipinski definition) is 1. The molecule has 0 radical (unpaired) electrons. The first-order chi connectivity index (χ1) is 16.7. The monoisotopic (exact) mass is 565 g/mol. The molecule has 0 amide bonds. The third-order valence-corrected chi connectivity index (χ3v) is 7.52. The first-order valence-electron chi connectivity index (χ1n) is 10.1. The van der Waals surface area contributed by atoms with Crippen molar-refractivity contribution >= 4 is 81.2 Å². The Bertz CT molecular complexity index is 1630. The molecule has 0 saturated carbocycles. The van der Waals surface area contributed by atoms with Crippen molar-refractivity contribution in [3.8, 4) is 6.07 Å². The van der Waals surface area contributed by atoms with Gasteiger partial charge in [0.15, 0.2) is 0 Å². The van der Waals surface area contributed by atoms with Crippen LogP contribution in [0, 0.1) is 11.3 Å². The number of esters is 1. The van der Waals surface area contributed by atoms with Crippen LogP contribution in [0.5, 0.6) is 0 Å². The molecule has 1 atom stereocenters. The summed E-state index contributed by atoms with van der Waals surface area (Å²) in [4.78, 5) is 26.6. The highest BCUT2D eigenvalue weighted by molar-refractivity contribution is 7.07. The lowest BCUT2D eigenvalue weighted by Gasteiger charge is -2.25. The van der Waals surface area contributed by atoms with Crippen LogP contribution in [0.1, 0.15) is 24.0 Å². The molecule has 3 aromatic rings. The van der Waals surface area contributed by atoms with Crippen molar-refractivity contribution in [1.29, 1.82) is 5.26 Å². The maximum Gasteiger partial charge on any atom is 0.338 e. The minimum Gasteiger partial charge on any atom is -0.463 e. The average molecular weight is 567 g/mol. The summed E-state index contributed by atoms with van der Waals surface area (Å²) in [5.74, 6) is -1.77. The second-order valence-electron chi connectivity index (χ2n) is 7.37. The molecule has 0 saturated heterocycles. The minimum absolute atomic E-state index is 0.0132. The van der Waals surface area contributed by atoms with Gasteiger partial charge >= 0.3 is 5.97 Å². The second kappa shape index (κ2) is 10.1. The van der Waals surface area contributed by atoms with Gasteiger partial charge in [-0.05, 0) is 48.4 Å². The van der Waals surface area contributed by atoms with E-state index in [1.54, 1.807) is 43.3 Å². The molecule has 1 aliphatic heterocycles. The Balaban J connectivity index is 2.12. The molecular weight excluding hydrogens is 552 g/mol. The fourth-order valence-corrected chi connectivity index (χ4v) is 5.90. The number of halogens is 4. The van der Waals surface area contributed by atoms with E-state index in [4.69, 9.17) is 56.9 Å². The molecule has 2 N–H and O–H groups in total. The van der Waals surface area contributed by atoms with E-state index in [0.717, 1.165) is 15.9 Å². The predicted molar refractivity (Wildman–Crippen MR) is 140 cm³/mol. The Kier molecular flexibility index (Phi) is 7.32. The molecule has 0 fully saturated rings. The van der Waals surface area contributed by atoms with Crippen molar-refractivity contribution in [1.82, 2.24) is 4.57 Å². The Hall–Kier alpha value is -2.73. The first-order valence-corrected chi connectivity index (χ1v) is 12.5. The van der Waals surface area contributed by atoms with Crippen LogP contribution in [0.3, 0.4) is 0 Å². The maximum atomic E-state index is 13.4. The van der Waals surface area contributed by atoms with E-state index in [1.807, 2.05) is 6.07 Å². The third-order valence-electron chi connectivity index (χ3n) is 5.29. The van der Waals surface area contributed by atoms with Crippen LogP contribution < -0.4 is 20.5 Å². The van der Waals surface area contributed by atoms with E-state index in [-0.39, 0.29) is 37.8 Å². The second-order valence-corrected chi connectivity index (χ2v) is 10.1. The van der Waals surface area contributed by atoms with Gasteiger partial charge in [-0.1, -0.05) is 58.5 Å².